The molecule has 0 aliphatic heterocycles. The molecule has 0 aliphatic rings. The molecule has 1 amide bonds. The summed E-state index contributed by atoms with van der Waals surface area (Å²) >= 11 is 1.39. The lowest BCUT2D eigenvalue weighted by atomic mass is 10.1. The molecule has 6 heteroatoms. The number of nitrogens with one attached hydrogen (secondary N) is 1. The molecule has 0 bridgehead atoms. The van der Waals surface area contributed by atoms with Gasteiger partial charge in [0.1, 0.15) is 0 Å². The van der Waals surface area contributed by atoms with Crippen LogP contribution in [0.15, 0.2) is 35.8 Å². The third-order valence-corrected chi connectivity index (χ3v) is 4.55. The van der Waals surface area contributed by atoms with Crippen molar-refractivity contribution in [1.82, 2.24) is 9.88 Å². The first-order valence-electron chi connectivity index (χ1n) is 7.70. The summed E-state index contributed by atoms with van der Waals surface area (Å²) in [7, 11) is 0. The molecule has 0 saturated heterocycles. The van der Waals surface area contributed by atoms with Crippen molar-refractivity contribution in [3.63, 3.8) is 0 Å². The average molecular weight is 333 g/mol. The third-order valence-electron chi connectivity index (χ3n) is 3.87. The molecular formula is C17H23N3O2S. The number of hydrogen-bond acceptors (Lipinski definition) is 5. The number of nitrogens with zero attached hydrogens (tertiary/aromatic N) is 2. The van der Waals surface area contributed by atoms with Crippen molar-refractivity contribution in [2.24, 2.45) is 0 Å². The van der Waals surface area contributed by atoms with Gasteiger partial charge in [0, 0.05) is 18.1 Å². The summed E-state index contributed by atoms with van der Waals surface area (Å²) in [5, 5.41) is 15.6. The van der Waals surface area contributed by atoms with Gasteiger partial charge in [0.25, 0.3) is 0 Å². The quantitative estimate of drug-likeness (QED) is 0.818. The number of aliphatic hydroxyl groups excluding tert-OH is 1. The van der Waals surface area contributed by atoms with Crippen LogP contribution in [0.25, 0.3) is 0 Å². The standard InChI is InChI=1S/C17H23N3O2S/c1-4-20(11-15(21)14-7-5-12(2)6-8-14)13(3)16(22)19-17-18-9-10-23-17/h5-10,13,15,21H,4,11H2,1-3H3,(H,18,19,22). The molecule has 2 atom stereocenters. The zero-order valence-corrected chi connectivity index (χ0v) is 14.5. The minimum Gasteiger partial charge on any atom is -0.387 e. The molecule has 0 aliphatic carbocycles. The molecule has 2 aromatic rings. The number of carbonyl (C=O) groups is 1. The maximum atomic E-state index is 12.3. The Morgan fingerprint density at radius 2 is 2.09 bits per heavy atom. The predicted octanol–water partition coefficient (Wildman–Crippen LogP) is 2.83. The first-order valence-corrected chi connectivity index (χ1v) is 8.58. The number of amides is 1. The molecule has 124 valence electrons. The van der Waals surface area contributed by atoms with Crippen LogP contribution in [0.5, 0.6) is 0 Å². The largest absolute Gasteiger partial charge is 0.387 e. The van der Waals surface area contributed by atoms with Gasteiger partial charge in [-0.3, -0.25) is 9.69 Å². The van der Waals surface area contributed by atoms with Crippen molar-refractivity contribution < 1.29 is 9.90 Å². The van der Waals surface area contributed by atoms with Crippen molar-refractivity contribution in [3.8, 4) is 0 Å². The normalized spacial score (nSPS) is 13.8. The van der Waals surface area contributed by atoms with Crippen LogP contribution in [-0.2, 0) is 4.79 Å². The fourth-order valence-electron chi connectivity index (χ4n) is 2.34. The summed E-state index contributed by atoms with van der Waals surface area (Å²) in [4.78, 5) is 18.3. The smallest absolute Gasteiger partial charge is 0.243 e. The van der Waals surface area contributed by atoms with Gasteiger partial charge < -0.3 is 10.4 Å². The Morgan fingerprint density at radius 3 is 2.65 bits per heavy atom. The highest BCUT2D eigenvalue weighted by Crippen LogP contribution is 2.17. The minimum atomic E-state index is -0.620. The number of aromatic nitrogens is 1. The van der Waals surface area contributed by atoms with Crippen LogP contribution in [0.3, 0.4) is 0 Å². The molecule has 0 spiro atoms. The molecule has 2 N–H and O–H groups in total. The lowest BCUT2D eigenvalue weighted by Gasteiger charge is -2.28. The van der Waals surface area contributed by atoms with Gasteiger partial charge in [0.05, 0.1) is 12.1 Å². The van der Waals surface area contributed by atoms with Gasteiger partial charge in [-0.15, -0.1) is 11.3 Å². The van der Waals surface area contributed by atoms with E-state index < -0.39 is 6.10 Å². The van der Waals surface area contributed by atoms with Crippen molar-refractivity contribution in [2.75, 3.05) is 18.4 Å². The third kappa shape index (κ3) is 4.86. The monoisotopic (exact) mass is 333 g/mol. The lowest BCUT2D eigenvalue weighted by molar-refractivity contribution is -0.121. The summed E-state index contributed by atoms with van der Waals surface area (Å²) in [6.07, 6.45) is 1.04. The van der Waals surface area contributed by atoms with E-state index in [0.717, 1.165) is 11.1 Å². The molecule has 1 heterocycles. The highest BCUT2D eigenvalue weighted by Gasteiger charge is 2.23. The number of thiazole rings is 1. The Kier molecular flexibility index (Phi) is 6.27. The number of rotatable bonds is 7. The van der Waals surface area contributed by atoms with Crippen LogP contribution < -0.4 is 5.32 Å². The van der Waals surface area contributed by atoms with Gasteiger partial charge in [-0.2, -0.15) is 0 Å². The Labute approximate surface area is 141 Å². The first-order chi connectivity index (χ1) is 11.0. The zero-order chi connectivity index (χ0) is 16.8. The SMILES string of the molecule is CCN(CC(O)c1ccc(C)cc1)C(C)C(=O)Nc1nccs1. The van der Waals surface area contributed by atoms with Crippen molar-refractivity contribution in [3.05, 3.63) is 47.0 Å². The maximum absolute atomic E-state index is 12.3. The van der Waals surface area contributed by atoms with E-state index in [2.05, 4.69) is 10.3 Å². The van der Waals surface area contributed by atoms with Crippen molar-refractivity contribution >= 4 is 22.4 Å². The van der Waals surface area contributed by atoms with E-state index in [1.54, 1.807) is 6.20 Å². The van der Waals surface area contributed by atoms with E-state index in [0.29, 0.717) is 18.2 Å². The van der Waals surface area contributed by atoms with Gasteiger partial charge in [-0.05, 0) is 26.0 Å². The van der Waals surface area contributed by atoms with Crippen LogP contribution in [-0.4, -0.2) is 40.0 Å². The van der Waals surface area contributed by atoms with Crippen LogP contribution in [0, 0.1) is 6.92 Å². The fraction of sp³-hybridized carbons (Fsp3) is 0.412. The summed E-state index contributed by atoms with van der Waals surface area (Å²) < 4.78 is 0. The number of carbonyl (C=O) groups excluding carboxylic acids is 1. The predicted molar refractivity (Wildman–Crippen MR) is 93.6 cm³/mol. The van der Waals surface area contributed by atoms with Gasteiger partial charge >= 0.3 is 0 Å². The number of benzene rings is 1. The van der Waals surface area contributed by atoms with E-state index in [1.165, 1.54) is 11.3 Å². The topological polar surface area (TPSA) is 65.5 Å². The van der Waals surface area contributed by atoms with Crippen molar-refractivity contribution in [2.45, 2.75) is 32.9 Å². The number of hydrogen-bond donors (Lipinski definition) is 2. The Bertz CT molecular complexity index is 613. The highest BCUT2D eigenvalue weighted by atomic mass is 32.1. The zero-order valence-electron chi connectivity index (χ0n) is 13.7. The molecule has 0 radical (unpaired) electrons. The van der Waals surface area contributed by atoms with Crippen LogP contribution >= 0.6 is 11.3 Å². The number of aliphatic hydroxyl groups is 1. The summed E-state index contributed by atoms with van der Waals surface area (Å²) in [5.41, 5.74) is 2.02. The fourth-order valence-corrected chi connectivity index (χ4v) is 2.87. The molecule has 0 fully saturated rings. The lowest BCUT2D eigenvalue weighted by Crippen LogP contribution is -2.43. The van der Waals surface area contributed by atoms with E-state index >= 15 is 0 Å². The van der Waals surface area contributed by atoms with Crippen LogP contribution in [0.2, 0.25) is 0 Å². The number of anilines is 1. The summed E-state index contributed by atoms with van der Waals surface area (Å²) in [6.45, 7) is 6.92. The van der Waals surface area contributed by atoms with E-state index in [4.69, 9.17) is 0 Å². The van der Waals surface area contributed by atoms with Crippen LogP contribution in [0.4, 0.5) is 5.13 Å². The average Bonchev–Trinajstić information content (AvgIpc) is 3.05. The molecule has 0 saturated carbocycles. The maximum Gasteiger partial charge on any atom is 0.243 e. The highest BCUT2D eigenvalue weighted by molar-refractivity contribution is 7.13. The molecule has 23 heavy (non-hydrogen) atoms. The molecule has 2 unspecified atom stereocenters. The van der Waals surface area contributed by atoms with Gasteiger partial charge in [0.15, 0.2) is 5.13 Å². The van der Waals surface area contributed by atoms with E-state index in [-0.39, 0.29) is 11.9 Å². The Hall–Kier alpha value is -1.76. The molecular weight excluding hydrogens is 310 g/mol. The van der Waals surface area contributed by atoms with Crippen LogP contribution in [0.1, 0.15) is 31.1 Å². The Balaban J connectivity index is 1.97. The van der Waals surface area contributed by atoms with Gasteiger partial charge in [-0.25, -0.2) is 4.98 Å². The second kappa shape index (κ2) is 8.19. The molecule has 1 aromatic heterocycles. The minimum absolute atomic E-state index is 0.113. The number of likely N-dealkylation sites (N-methyl/N-ethyl adjacent to an activating group) is 1. The second-order valence-electron chi connectivity index (χ2n) is 5.52. The van der Waals surface area contributed by atoms with Crippen molar-refractivity contribution in [1.29, 1.82) is 0 Å². The summed E-state index contributed by atoms with van der Waals surface area (Å²) in [5.74, 6) is -0.113. The van der Waals surface area contributed by atoms with Gasteiger partial charge in [0.2, 0.25) is 5.91 Å². The number of aryl methyl sites for hydroxylation is 1. The Morgan fingerprint density at radius 1 is 1.39 bits per heavy atom. The summed E-state index contributed by atoms with van der Waals surface area (Å²) in [6, 6.07) is 7.47. The molecule has 1 aromatic carbocycles. The second-order valence-corrected chi connectivity index (χ2v) is 6.41. The molecule has 5 nitrogen and oxygen atoms in total. The first kappa shape index (κ1) is 17.6. The molecule has 2 rings (SSSR count). The van der Waals surface area contributed by atoms with Gasteiger partial charge in [-0.1, -0.05) is 36.8 Å². The van der Waals surface area contributed by atoms with E-state index in [9.17, 15) is 9.90 Å². The van der Waals surface area contributed by atoms with E-state index in [1.807, 2.05) is 55.3 Å².